The highest BCUT2D eigenvalue weighted by molar-refractivity contribution is 6.34. The van der Waals surface area contributed by atoms with E-state index in [0.29, 0.717) is 10.6 Å². The van der Waals surface area contributed by atoms with E-state index in [0.717, 1.165) is 24.8 Å². The Morgan fingerprint density at radius 3 is 3.12 bits per heavy atom. The molecule has 1 fully saturated rings. The van der Waals surface area contributed by atoms with E-state index in [-0.39, 0.29) is 0 Å². The van der Waals surface area contributed by atoms with Crippen LogP contribution in [0.2, 0.25) is 5.02 Å². The quantitative estimate of drug-likeness (QED) is 0.792. The molecule has 1 aliphatic rings. The minimum Gasteiger partial charge on any atom is -0.355 e. The SMILES string of the molecule is CCC1CCN(c2nccc(C#N)c2Cl)C1. The highest BCUT2D eigenvalue weighted by atomic mass is 35.5. The van der Waals surface area contributed by atoms with Gasteiger partial charge in [-0.05, 0) is 18.4 Å². The molecule has 0 amide bonds. The normalized spacial score (nSPS) is 19.8. The third kappa shape index (κ3) is 1.98. The average molecular weight is 236 g/mol. The molecule has 0 spiro atoms. The second-order valence-electron chi connectivity index (χ2n) is 4.12. The van der Waals surface area contributed by atoms with Gasteiger partial charge in [-0.15, -0.1) is 0 Å². The molecule has 0 N–H and O–H groups in total. The number of halogens is 1. The Balaban J connectivity index is 2.25. The van der Waals surface area contributed by atoms with Gasteiger partial charge in [0.1, 0.15) is 16.9 Å². The van der Waals surface area contributed by atoms with Crippen LogP contribution in [0.4, 0.5) is 5.82 Å². The summed E-state index contributed by atoms with van der Waals surface area (Å²) in [6, 6.07) is 3.74. The summed E-state index contributed by atoms with van der Waals surface area (Å²) >= 11 is 6.15. The van der Waals surface area contributed by atoms with Gasteiger partial charge >= 0.3 is 0 Å². The van der Waals surface area contributed by atoms with E-state index in [1.165, 1.54) is 12.8 Å². The van der Waals surface area contributed by atoms with Crippen molar-refractivity contribution < 1.29 is 0 Å². The van der Waals surface area contributed by atoms with Crippen LogP contribution < -0.4 is 4.90 Å². The zero-order chi connectivity index (χ0) is 11.5. The zero-order valence-electron chi connectivity index (χ0n) is 9.28. The summed E-state index contributed by atoms with van der Waals surface area (Å²) in [6.45, 7) is 4.19. The van der Waals surface area contributed by atoms with Crippen molar-refractivity contribution in [3.05, 3.63) is 22.8 Å². The maximum absolute atomic E-state index is 8.90. The lowest BCUT2D eigenvalue weighted by Crippen LogP contribution is -2.21. The minimum absolute atomic E-state index is 0.488. The van der Waals surface area contributed by atoms with Crippen molar-refractivity contribution in [2.75, 3.05) is 18.0 Å². The number of rotatable bonds is 2. The third-order valence-corrected chi connectivity index (χ3v) is 3.53. The largest absolute Gasteiger partial charge is 0.355 e. The van der Waals surface area contributed by atoms with E-state index in [1.54, 1.807) is 12.3 Å². The van der Waals surface area contributed by atoms with Crippen LogP contribution in [0.25, 0.3) is 0 Å². The van der Waals surface area contributed by atoms with E-state index >= 15 is 0 Å². The van der Waals surface area contributed by atoms with E-state index in [2.05, 4.69) is 22.9 Å². The van der Waals surface area contributed by atoms with E-state index in [9.17, 15) is 0 Å². The lowest BCUT2D eigenvalue weighted by molar-refractivity contribution is 0.569. The molecule has 84 valence electrons. The molecule has 0 aromatic carbocycles. The van der Waals surface area contributed by atoms with Crippen molar-refractivity contribution in [3.8, 4) is 6.07 Å². The summed E-state index contributed by atoms with van der Waals surface area (Å²) < 4.78 is 0. The Bertz CT molecular complexity index is 425. The summed E-state index contributed by atoms with van der Waals surface area (Å²) in [6.07, 6.45) is 4.02. The highest BCUT2D eigenvalue weighted by Gasteiger charge is 2.24. The van der Waals surface area contributed by atoms with Crippen molar-refractivity contribution in [2.24, 2.45) is 5.92 Å². The summed E-state index contributed by atoms with van der Waals surface area (Å²) in [7, 11) is 0. The van der Waals surface area contributed by atoms with Crippen LogP contribution in [0, 0.1) is 17.2 Å². The Labute approximate surface area is 101 Å². The molecule has 0 aliphatic carbocycles. The number of nitriles is 1. The van der Waals surface area contributed by atoms with Gasteiger partial charge in [-0.3, -0.25) is 0 Å². The molecule has 1 aromatic rings. The van der Waals surface area contributed by atoms with Gasteiger partial charge in [0.05, 0.1) is 5.56 Å². The summed E-state index contributed by atoms with van der Waals surface area (Å²) in [5.41, 5.74) is 0.506. The summed E-state index contributed by atoms with van der Waals surface area (Å²) in [5, 5.41) is 9.39. The van der Waals surface area contributed by atoms with Crippen molar-refractivity contribution in [1.82, 2.24) is 4.98 Å². The monoisotopic (exact) mass is 235 g/mol. The molecule has 0 bridgehead atoms. The van der Waals surface area contributed by atoms with Crippen molar-refractivity contribution in [1.29, 1.82) is 5.26 Å². The second kappa shape index (κ2) is 4.71. The number of aromatic nitrogens is 1. The molecule has 1 unspecified atom stereocenters. The number of hydrogen-bond donors (Lipinski definition) is 0. The Kier molecular flexibility index (Phi) is 3.31. The summed E-state index contributed by atoms with van der Waals surface area (Å²) in [5.74, 6) is 1.49. The number of hydrogen-bond acceptors (Lipinski definition) is 3. The molecule has 2 rings (SSSR count). The number of anilines is 1. The van der Waals surface area contributed by atoms with Gasteiger partial charge in [0.2, 0.25) is 0 Å². The van der Waals surface area contributed by atoms with Crippen LogP contribution in [-0.2, 0) is 0 Å². The van der Waals surface area contributed by atoms with Crippen molar-refractivity contribution in [2.45, 2.75) is 19.8 Å². The second-order valence-corrected chi connectivity index (χ2v) is 4.49. The molecule has 2 heterocycles. The van der Waals surface area contributed by atoms with Crippen LogP contribution in [0.15, 0.2) is 12.3 Å². The fraction of sp³-hybridized carbons (Fsp3) is 0.500. The van der Waals surface area contributed by atoms with Gasteiger partial charge in [0.25, 0.3) is 0 Å². The van der Waals surface area contributed by atoms with Gasteiger partial charge < -0.3 is 4.90 Å². The molecule has 1 atom stereocenters. The lowest BCUT2D eigenvalue weighted by atomic mass is 10.1. The molecule has 1 aromatic heterocycles. The zero-order valence-corrected chi connectivity index (χ0v) is 10.0. The lowest BCUT2D eigenvalue weighted by Gasteiger charge is -2.18. The molecule has 1 saturated heterocycles. The first-order valence-corrected chi connectivity index (χ1v) is 5.93. The van der Waals surface area contributed by atoms with E-state index < -0.39 is 0 Å². The van der Waals surface area contributed by atoms with Crippen molar-refractivity contribution >= 4 is 17.4 Å². The number of pyridine rings is 1. The van der Waals surface area contributed by atoms with Crippen LogP contribution in [0.3, 0.4) is 0 Å². The molecule has 3 nitrogen and oxygen atoms in total. The highest BCUT2D eigenvalue weighted by Crippen LogP contribution is 2.31. The first-order chi connectivity index (χ1) is 7.76. The van der Waals surface area contributed by atoms with Gasteiger partial charge in [0, 0.05) is 19.3 Å². The van der Waals surface area contributed by atoms with Crippen LogP contribution in [0.1, 0.15) is 25.3 Å². The van der Waals surface area contributed by atoms with Crippen molar-refractivity contribution in [3.63, 3.8) is 0 Å². The molecular formula is C12H14ClN3. The van der Waals surface area contributed by atoms with Gasteiger partial charge in [-0.25, -0.2) is 4.98 Å². The molecule has 0 saturated carbocycles. The summed E-state index contributed by atoms with van der Waals surface area (Å²) in [4.78, 5) is 6.46. The van der Waals surface area contributed by atoms with Gasteiger partial charge in [-0.2, -0.15) is 5.26 Å². The topological polar surface area (TPSA) is 39.9 Å². The fourth-order valence-electron chi connectivity index (χ4n) is 2.10. The van der Waals surface area contributed by atoms with Gasteiger partial charge in [0.15, 0.2) is 0 Å². The smallest absolute Gasteiger partial charge is 0.148 e. The Hall–Kier alpha value is -1.27. The Morgan fingerprint density at radius 1 is 1.69 bits per heavy atom. The van der Waals surface area contributed by atoms with E-state index in [4.69, 9.17) is 16.9 Å². The van der Waals surface area contributed by atoms with E-state index in [1.807, 2.05) is 0 Å². The molecule has 4 heteroatoms. The standard InChI is InChI=1S/C12H14ClN3/c1-2-9-4-6-16(8-9)12-11(13)10(7-14)3-5-15-12/h3,5,9H,2,4,6,8H2,1H3. The molecular weight excluding hydrogens is 222 g/mol. The van der Waals surface area contributed by atoms with Crippen LogP contribution in [-0.4, -0.2) is 18.1 Å². The predicted octanol–water partition coefficient (Wildman–Crippen LogP) is 2.84. The van der Waals surface area contributed by atoms with Crippen LogP contribution >= 0.6 is 11.6 Å². The Morgan fingerprint density at radius 2 is 2.50 bits per heavy atom. The third-order valence-electron chi connectivity index (χ3n) is 3.15. The molecule has 16 heavy (non-hydrogen) atoms. The first kappa shape index (κ1) is 11.2. The predicted molar refractivity (Wildman–Crippen MR) is 64.6 cm³/mol. The maximum atomic E-state index is 8.90. The molecule has 0 radical (unpaired) electrons. The minimum atomic E-state index is 0.488. The maximum Gasteiger partial charge on any atom is 0.148 e. The van der Waals surface area contributed by atoms with Crippen LogP contribution in [0.5, 0.6) is 0 Å². The average Bonchev–Trinajstić information content (AvgIpc) is 2.78. The molecule has 1 aliphatic heterocycles. The first-order valence-electron chi connectivity index (χ1n) is 5.55. The fourth-order valence-corrected chi connectivity index (χ4v) is 2.37. The van der Waals surface area contributed by atoms with Gasteiger partial charge in [-0.1, -0.05) is 24.9 Å². The number of nitrogens with zero attached hydrogens (tertiary/aromatic N) is 3.